The summed E-state index contributed by atoms with van der Waals surface area (Å²) in [5.41, 5.74) is 1.13. The highest BCUT2D eigenvalue weighted by Crippen LogP contribution is 2.43. The van der Waals surface area contributed by atoms with Crippen molar-refractivity contribution in [1.29, 1.82) is 0 Å². The predicted molar refractivity (Wildman–Crippen MR) is 88.1 cm³/mol. The zero-order chi connectivity index (χ0) is 15.6. The van der Waals surface area contributed by atoms with Gasteiger partial charge in [-0.25, -0.2) is 4.39 Å². The van der Waals surface area contributed by atoms with Crippen molar-refractivity contribution in [3.05, 3.63) is 34.6 Å². The third kappa shape index (κ3) is 3.98. The summed E-state index contributed by atoms with van der Waals surface area (Å²) in [5, 5.41) is 3.78. The van der Waals surface area contributed by atoms with Crippen LogP contribution in [0.25, 0.3) is 0 Å². The molecule has 0 saturated heterocycles. The van der Waals surface area contributed by atoms with Gasteiger partial charge in [0.1, 0.15) is 5.82 Å². The van der Waals surface area contributed by atoms with Crippen LogP contribution in [0.4, 0.5) is 4.39 Å². The lowest BCUT2D eigenvalue weighted by Crippen LogP contribution is -2.32. The third-order valence-electron chi connectivity index (χ3n) is 5.08. The molecule has 1 aromatic rings. The van der Waals surface area contributed by atoms with E-state index in [9.17, 15) is 4.39 Å². The fourth-order valence-electron chi connectivity index (χ4n) is 3.72. The summed E-state index contributed by atoms with van der Waals surface area (Å²) < 4.78 is 14.2. The van der Waals surface area contributed by atoms with Crippen molar-refractivity contribution < 1.29 is 4.39 Å². The van der Waals surface area contributed by atoms with Crippen molar-refractivity contribution in [3.8, 4) is 0 Å². The first-order valence-corrected chi connectivity index (χ1v) is 8.33. The molecule has 1 aliphatic rings. The standard InChI is InChI=1S/C18H27ClFN/c1-18(2,3)13-7-5-12(6-8-13)17(21-4)15-10-9-14(19)11-16(15)20/h9-13,17,21H,5-8H2,1-4H3. The molecule has 1 N–H and O–H groups in total. The maximum atomic E-state index is 14.2. The number of rotatable bonds is 3. The predicted octanol–water partition coefficient (Wildman–Crippen LogP) is 5.59. The number of hydrogen-bond acceptors (Lipinski definition) is 1. The van der Waals surface area contributed by atoms with Gasteiger partial charge in [0.15, 0.2) is 0 Å². The van der Waals surface area contributed by atoms with E-state index < -0.39 is 0 Å². The summed E-state index contributed by atoms with van der Waals surface area (Å²) >= 11 is 5.86. The summed E-state index contributed by atoms with van der Waals surface area (Å²) in [6.07, 6.45) is 4.80. The van der Waals surface area contributed by atoms with Gasteiger partial charge in [-0.2, -0.15) is 0 Å². The van der Waals surface area contributed by atoms with Crippen LogP contribution in [0.15, 0.2) is 18.2 Å². The first-order valence-electron chi connectivity index (χ1n) is 7.95. The molecule has 1 unspecified atom stereocenters. The van der Waals surface area contributed by atoms with E-state index in [1.807, 2.05) is 13.1 Å². The molecule has 0 aliphatic heterocycles. The molecule has 0 spiro atoms. The van der Waals surface area contributed by atoms with Crippen LogP contribution < -0.4 is 5.32 Å². The van der Waals surface area contributed by atoms with Gasteiger partial charge in [0.25, 0.3) is 0 Å². The smallest absolute Gasteiger partial charge is 0.129 e. The number of halogens is 2. The Labute approximate surface area is 133 Å². The van der Waals surface area contributed by atoms with Crippen LogP contribution in [0.1, 0.15) is 58.1 Å². The second-order valence-electron chi connectivity index (χ2n) is 7.41. The maximum Gasteiger partial charge on any atom is 0.129 e. The molecule has 0 heterocycles. The fraction of sp³-hybridized carbons (Fsp3) is 0.667. The Balaban J connectivity index is 2.09. The SMILES string of the molecule is CNC(c1ccc(Cl)cc1F)C1CCC(C(C)(C)C)CC1. The lowest BCUT2D eigenvalue weighted by atomic mass is 9.68. The lowest BCUT2D eigenvalue weighted by molar-refractivity contribution is 0.133. The van der Waals surface area contributed by atoms with Crippen LogP contribution in [-0.2, 0) is 0 Å². The molecule has 1 nitrogen and oxygen atoms in total. The van der Waals surface area contributed by atoms with Crippen LogP contribution >= 0.6 is 11.6 Å². The van der Waals surface area contributed by atoms with Gasteiger partial charge in [0, 0.05) is 16.6 Å². The maximum absolute atomic E-state index is 14.2. The summed E-state index contributed by atoms with van der Waals surface area (Å²) in [4.78, 5) is 0. The average Bonchev–Trinajstić information content (AvgIpc) is 2.41. The molecule has 3 heteroatoms. The monoisotopic (exact) mass is 311 g/mol. The van der Waals surface area contributed by atoms with Gasteiger partial charge in [0.05, 0.1) is 0 Å². The zero-order valence-corrected chi connectivity index (χ0v) is 14.3. The minimum Gasteiger partial charge on any atom is -0.313 e. The summed E-state index contributed by atoms with van der Waals surface area (Å²) in [5.74, 6) is 1.09. The minimum atomic E-state index is -0.195. The molecule has 118 valence electrons. The number of nitrogens with one attached hydrogen (secondary N) is 1. The second-order valence-corrected chi connectivity index (χ2v) is 7.85. The first kappa shape index (κ1) is 16.8. The fourth-order valence-corrected chi connectivity index (χ4v) is 3.88. The molecule has 21 heavy (non-hydrogen) atoms. The third-order valence-corrected chi connectivity index (χ3v) is 5.31. The second kappa shape index (κ2) is 6.66. The van der Waals surface area contributed by atoms with Gasteiger partial charge in [-0.05, 0) is 62.1 Å². The Morgan fingerprint density at radius 3 is 2.29 bits per heavy atom. The normalized spacial score (nSPS) is 24.9. The Kier molecular flexibility index (Phi) is 5.32. The highest BCUT2D eigenvalue weighted by atomic mass is 35.5. The number of benzene rings is 1. The highest BCUT2D eigenvalue weighted by Gasteiger charge is 2.33. The Bertz CT molecular complexity index is 473. The molecule has 1 atom stereocenters. The van der Waals surface area contributed by atoms with E-state index in [4.69, 9.17) is 11.6 Å². The van der Waals surface area contributed by atoms with E-state index in [-0.39, 0.29) is 11.9 Å². The van der Waals surface area contributed by atoms with Crippen molar-refractivity contribution in [2.75, 3.05) is 7.05 Å². The molecule has 1 saturated carbocycles. The van der Waals surface area contributed by atoms with Crippen LogP contribution in [0, 0.1) is 23.1 Å². The molecule has 1 aliphatic carbocycles. The largest absolute Gasteiger partial charge is 0.313 e. The Morgan fingerprint density at radius 1 is 1.19 bits per heavy atom. The van der Waals surface area contributed by atoms with Crippen molar-refractivity contribution in [2.24, 2.45) is 17.3 Å². The quantitative estimate of drug-likeness (QED) is 0.767. The number of hydrogen-bond donors (Lipinski definition) is 1. The molecule has 0 aromatic heterocycles. The highest BCUT2D eigenvalue weighted by molar-refractivity contribution is 6.30. The van der Waals surface area contributed by atoms with Crippen molar-refractivity contribution >= 4 is 11.6 Å². The molecule has 0 amide bonds. The van der Waals surface area contributed by atoms with Crippen LogP contribution in [0.5, 0.6) is 0 Å². The molecule has 0 bridgehead atoms. The van der Waals surface area contributed by atoms with E-state index in [0.717, 1.165) is 24.3 Å². The topological polar surface area (TPSA) is 12.0 Å². The summed E-state index contributed by atoms with van der Waals surface area (Å²) in [6, 6.07) is 5.12. The Hall–Kier alpha value is -0.600. The van der Waals surface area contributed by atoms with Gasteiger partial charge in [-0.15, -0.1) is 0 Å². The van der Waals surface area contributed by atoms with Crippen LogP contribution in [0.3, 0.4) is 0 Å². The van der Waals surface area contributed by atoms with Gasteiger partial charge < -0.3 is 5.32 Å². The average molecular weight is 312 g/mol. The van der Waals surface area contributed by atoms with E-state index in [0.29, 0.717) is 16.4 Å². The first-order chi connectivity index (χ1) is 9.82. The van der Waals surface area contributed by atoms with E-state index in [2.05, 4.69) is 26.1 Å². The molecule has 1 fully saturated rings. The Morgan fingerprint density at radius 2 is 1.81 bits per heavy atom. The van der Waals surface area contributed by atoms with Gasteiger partial charge >= 0.3 is 0 Å². The van der Waals surface area contributed by atoms with Crippen molar-refractivity contribution in [1.82, 2.24) is 5.32 Å². The summed E-state index contributed by atoms with van der Waals surface area (Å²) in [6.45, 7) is 6.98. The molecular formula is C18H27ClFN. The van der Waals surface area contributed by atoms with E-state index in [1.165, 1.54) is 18.9 Å². The van der Waals surface area contributed by atoms with Crippen molar-refractivity contribution in [2.45, 2.75) is 52.5 Å². The molecule has 1 aromatic carbocycles. The van der Waals surface area contributed by atoms with Gasteiger partial charge in [-0.3, -0.25) is 0 Å². The summed E-state index contributed by atoms with van der Waals surface area (Å²) in [7, 11) is 1.93. The van der Waals surface area contributed by atoms with E-state index in [1.54, 1.807) is 6.07 Å². The van der Waals surface area contributed by atoms with Crippen LogP contribution in [-0.4, -0.2) is 7.05 Å². The van der Waals surface area contributed by atoms with Crippen molar-refractivity contribution in [3.63, 3.8) is 0 Å². The molecule has 2 rings (SSSR count). The molecular weight excluding hydrogens is 285 g/mol. The lowest BCUT2D eigenvalue weighted by Gasteiger charge is -2.39. The molecule has 0 radical (unpaired) electrons. The minimum absolute atomic E-state index is 0.0863. The van der Waals surface area contributed by atoms with E-state index >= 15 is 0 Å². The van der Waals surface area contributed by atoms with Crippen LogP contribution in [0.2, 0.25) is 5.02 Å². The zero-order valence-electron chi connectivity index (χ0n) is 13.5. The van der Waals surface area contributed by atoms with Gasteiger partial charge in [-0.1, -0.05) is 38.4 Å². The van der Waals surface area contributed by atoms with Gasteiger partial charge in [0.2, 0.25) is 0 Å².